The van der Waals surface area contributed by atoms with Gasteiger partial charge in [0.05, 0.1) is 13.0 Å². The zero-order chi connectivity index (χ0) is 9.28. The molecule has 0 saturated heterocycles. The summed E-state index contributed by atoms with van der Waals surface area (Å²) in [5.74, 6) is -2.15. The predicted molar refractivity (Wildman–Crippen MR) is 34.1 cm³/mol. The molecule has 0 fully saturated rings. The fourth-order valence-electron chi connectivity index (χ4n) is 0.0956. The maximum absolute atomic E-state index is 9.44. The first kappa shape index (κ1) is 12.5. The van der Waals surface area contributed by atoms with E-state index in [1.165, 1.54) is 0 Å². The van der Waals surface area contributed by atoms with E-state index in [0.717, 1.165) is 0 Å². The van der Waals surface area contributed by atoms with Crippen molar-refractivity contribution in [2.24, 2.45) is 0 Å². The second-order valence-electron chi connectivity index (χ2n) is 1.42. The van der Waals surface area contributed by atoms with Gasteiger partial charge in [-0.1, -0.05) is 0 Å². The fraction of sp³-hybridized carbons (Fsp3) is 0.600. The Balaban J connectivity index is 0. The molecule has 0 bridgehead atoms. The first-order valence-electron chi connectivity index (χ1n) is 2.70. The van der Waals surface area contributed by atoms with Crippen molar-refractivity contribution >= 4 is 11.9 Å². The van der Waals surface area contributed by atoms with Crippen LogP contribution in [0, 0.1) is 0 Å². The van der Waals surface area contributed by atoms with Crippen LogP contribution in [0.15, 0.2) is 0 Å². The van der Waals surface area contributed by atoms with Crippen LogP contribution in [0.4, 0.5) is 0 Å². The quantitative estimate of drug-likeness (QED) is 0.406. The first-order valence-corrected chi connectivity index (χ1v) is 2.70. The van der Waals surface area contributed by atoms with E-state index < -0.39 is 18.5 Å². The molecule has 0 aliphatic rings. The van der Waals surface area contributed by atoms with E-state index in [4.69, 9.17) is 25.2 Å². The summed E-state index contributed by atoms with van der Waals surface area (Å²) >= 11 is 0. The van der Waals surface area contributed by atoms with Crippen LogP contribution >= 0.6 is 0 Å². The molecule has 0 amide bonds. The highest BCUT2D eigenvalue weighted by Crippen LogP contribution is 1.70. The summed E-state index contributed by atoms with van der Waals surface area (Å²) in [4.78, 5) is 18.6. The Morgan fingerprint density at radius 2 is 1.36 bits per heavy atom. The standard InChI is InChI=1S/C3H6O3.C2H4O3/c4-2-1-3(5)6;3-1-2(4)5/h4H,1-2H2,(H,5,6);3H,1H2,(H,4,5). The third kappa shape index (κ3) is 28.0. The molecular formula is C5H10O6. The minimum atomic E-state index is -1.19. The maximum Gasteiger partial charge on any atom is 0.329 e. The fourth-order valence-corrected chi connectivity index (χ4v) is 0.0956. The van der Waals surface area contributed by atoms with Crippen molar-refractivity contribution in [3.63, 3.8) is 0 Å². The van der Waals surface area contributed by atoms with Crippen LogP contribution in [-0.4, -0.2) is 45.6 Å². The highest BCUT2D eigenvalue weighted by Gasteiger charge is 1.88. The number of carboxylic acids is 2. The Kier molecular flexibility index (Phi) is 10.1. The lowest BCUT2D eigenvalue weighted by Gasteiger charge is -1.79. The van der Waals surface area contributed by atoms with Gasteiger partial charge in [-0.25, -0.2) is 4.79 Å². The summed E-state index contributed by atoms with van der Waals surface area (Å²) in [5, 5.41) is 30.6. The molecule has 4 N–H and O–H groups in total. The number of hydrogen-bond donors (Lipinski definition) is 4. The van der Waals surface area contributed by atoms with Crippen molar-refractivity contribution in [2.45, 2.75) is 6.42 Å². The van der Waals surface area contributed by atoms with Gasteiger partial charge >= 0.3 is 11.9 Å². The Hall–Kier alpha value is -1.14. The molecule has 0 heterocycles. The molecule has 0 aromatic heterocycles. The highest BCUT2D eigenvalue weighted by atomic mass is 16.4. The second-order valence-corrected chi connectivity index (χ2v) is 1.42. The van der Waals surface area contributed by atoms with Gasteiger partial charge in [-0.3, -0.25) is 4.79 Å². The molecule has 0 aromatic carbocycles. The molecule has 0 aromatic rings. The number of carbonyl (C=O) groups is 2. The first-order chi connectivity index (χ1) is 5.04. The van der Waals surface area contributed by atoms with Crippen LogP contribution in [0.5, 0.6) is 0 Å². The van der Waals surface area contributed by atoms with Gasteiger partial charge in [0.1, 0.15) is 6.61 Å². The lowest BCUT2D eigenvalue weighted by molar-refractivity contribution is -0.140. The number of aliphatic hydroxyl groups excluding tert-OH is 2. The zero-order valence-electron chi connectivity index (χ0n) is 5.73. The maximum atomic E-state index is 9.44. The summed E-state index contributed by atoms with van der Waals surface area (Å²) in [6, 6.07) is 0. The Labute approximate surface area is 62.7 Å². The summed E-state index contributed by atoms with van der Waals surface area (Å²) in [6.07, 6.45) is -0.153. The summed E-state index contributed by atoms with van der Waals surface area (Å²) < 4.78 is 0. The number of carboxylic acid groups (broad SMARTS) is 2. The molecule has 6 nitrogen and oxygen atoms in total. The van der Waals surface area contributed by atoms with Gasteiger partial charge in [-0.05, 0) is 0 Å². The number of aliphatic carboxylic acids is 2. The van der Waals surface area contributed by atoms with Crippen molar-refractivity contribution in [1.82, 2.24) is 0 Å². The molecule has 6 heteroatoms. The summed E-state index contributed by atoms with van der Waals surface area (Å²) in [5.41, 5.74) is 0. The van der Waals surface area contributed by atoms with Gasteiger partial charge in [0.15, 0.2) is 0 Å². The molecule has 0 unspecified atom stereocenters. The van der Waals surface area contributed by atoms with Gasteiger partial charge < -0.3 is 20.4 Å². The van der Waals surface area contributed by atoms with Crippen molar-refractivity contribution in [2.75, 3.05) is 13.2 Å². The van der Waals surface area contributed by atoms with Crippen LogP contribution in [0.1, 0.15) is 6.42 Å². The highest BCUT2D eigenvalue weighted by molar-refractivity contribution is 5.67. The van der Waals surface area contributed by atoms with Gasteiger partial charge in [-0.15, -0.1) is 0 Å². The minimum absolute atomic E-state index is 0.153. The molecule has 0 radical (unpaired) electrons. The van der Waals surface area contributed by atoms with Gasteiger partial charge in [0.2, 0.25) is 0 Å². The van der Waals surface area contributed by atoms with Crippen LogP contribution < -0.4 is 0 Å². The second kappa shape index (κ2) is 8.86. The van der Waals surface area contributed by atoms with Crippen molar-refractivity contribution < 1.29 is 30.0 Å². The molecular weight excluding hydrogens is 156 g/mol. The van der Waals surface area contributed by atoms with E-state index in [2.05, 4.69) is 0 Å². The minimum Gasteiger partial charge on any atom is -0.481 e. The topological polar surface area (TPSA) is 115 Å². The van der Waals surface area contributed by atoms with E-state index in [1.54, 1.807) is 0 Å². The third-order valence-electron chi connectivity index (χ3n) is 0.461. The molecule has 0 aliphatic heterocycles. The molecule has 0 spiro atoms. The van der Waals surface area contributed by atoms with Gasteiger partial charge in [0, 0.05) is 0 Å². The molecule has 0 rings (SSSR count). The lowest BCUT2D eigenvalue weighted by Crippen LogP contribution is -1.98. The zero-order valence-corrected chi connectivity index (χ0v) is 5.73. The summed E-state index contributed by atoms with van der Waals surface area (Å²) in [7, 11) is 0. The average Bonchev–Trinajstić information content (AvgIpc) is 1.89. The Morgan fingerprint density at radius 1 is 1.00 bits per heavy atom. The van der Waals surface area contributed by atoms with Crippen LogP contribution in [0.2, 0.25) is 0 Å². The molecule has 0 aliphatic carbocycles. The van der Waals surface area contributed by atoms with Crippen LogP contribution in [-0.2, 0) is 9.59 Å². The van der Waals surface area contributed by atoms with Gasteiger partial charge in [-0.2, -0.15) is 0 Å². The van der Waals surface area contributed by atoms with E-state index in [9.17, 15) is 4.79 Å². The molecule has 66 valence electrons. The normalized spacial score (nSPS) is 7.82. The lowest BCUT2D eigenvalue weighted by atomic mass is 10.5. The molecule has 0 atom stereocenters. The van der Waals surface area contributed by atoms with E-state index in [-0.39, 0.29) is 13.0 Å². The summed E-state index contributed by atoms with van der Waals surface area (Å²) in [6.45, 7) is -1.05. The van der Waals surface area contributed by atoms with Crippen LogP contribution in [0.3, 0.4) is 0 Å². The SMILES string of the molecule is O=C(O)CCO.O=C(O)CO. The number of aliphatic hydroxyl groups is 2. The monoisotopic (exact) mass is 166 g/mol. The number of rotatable bonds is 3. The average molecular weight is 166 g/mol. The van der Waals surface area contributed by atoms with E-state index >= 15 is 0 Å². The van der Waals surface area contributed by atoms with Crippen molar-refractivity contribution in [3.8, 4) is 0 Å². The predicted octanol–water partition coefficient (Wildman–Crippen LogP) is -1.48. The molecule has 11 heavy (non-hydrogen) atoms. The molecule has 0 saturated carbocycles. The smallest absolute Gasteiger partial charge is 0.329 e. The van der Waals surface area contributed by atoms with Crippen molar-refractivity contribution in [3.05, 3.63) is 0 Å². The largest absolute Gasteiger partial charge is 0.481 e. The van der Waals surface area contributed by atoms with E-state index in [0.29, 0.717) is 0 Å². The van der Waals surface area contributed by atoms with E-state index in [1.807, 2.05) is 0 Å². The van der Waals surface area contributed by atoms with Crippen molar-refractivity contribution in [1.29, 1.82) is 0 Å². The van der Waals surface area contributed by atoms with Crippen LogP contribution in [0.25, 0.3) is 0 Å². The van der Waals surface area contributed by atoms with Gasteiger partial charge in [0.25, 0.3) is 0 Å². The Bertz CT molecular complexity index is 120. The number of hydrogen-bond acceptors (Lipinski definition) is 4. The Morgan fingerprint density at radius 3 is 1.36 bits per heavy atom. The third-order valence-corrected chi connectivity index (χ3v) is 0.461.